The highest BCUT2D eigenvalue weighted by atomic mass is 79.9. The molecule has 0 spiro atoms. The quantitative estimate of drug-likeness (QED) is 0.740. The molecule has 1 aromatic carbocycles. The van der Waals surface area contributed by atoms with Crippen LogP contribution in [0, 0.1) is 5.82 Å². The average molecular weight is 321 g/mol. The van der Waals surface area contributed by atoms with E-state index in [0.717, 1.165) is 12.4 Å². The Kier molecular flexibility index (Phi) is 3.34. The van der Waals surface area contributed by atoms with Gasteiger partial charge in [-0.05, 0) is 18.2 Å². The third kappa shape index (κ3) is 2.66. The Labute approximate surface area is 108 Å². The van der Waals surface area contributed by atoms with Gasteiger partial charge in [0.1, 0.15) is 5.82 Å². The molecule has 0 amide bonds. The normalized spacial score (nSPS) is 11.6. The molecule has 1 heterocycles. The van der Waals surface area contributed by atoms with Crippen LogP contribution in [0.15, 0.2) is 35.1 Å². The number of hydrogen-bond donors (Lipinski definition) is 0. The van der Waals surface area contributed by atoms with Gasteiger partial charge in [-0.2, -0.15) is 13.2 Å². The molecule has 2 rings (SSSR count). The first-order chi connectivity index (χ1) is 8.38. The number of aromatic nitrogens is 2. The number of benzene rings is 1. The summed E-state index contributed by atoms with van der Waals surface area (Å²) >= 11 is 3.15. The van der Waals surface area contributed by atoms with E-state index in [1.54, 1.807) is 0 Å². The zero-order valence-electron chi connectivity index (χ0n) is 8.67. The lowest BCUT2D eigenvalue weighted by molar-refractivity contribution is -0.144. The number of alkyl halides is 3. The molecule has 0 unspecified atom stereocenters. The van der Waals surface area contributed by atoms with Gasteiger partial charge in [0.05, 0.1) is 0 Å². The Hall–Kier alpha value is -1.50. The summed E-state index contributed by atoms with van der Waals surface area (Å²) in [6.07, 6.45) is -2.71. The second-order valence-electron chi connectivity index (χ2n) is 3.42. The van der Waals surface area contributed by atoms with Gasteiger partial charge in [-0.15, -0.1) is 0 Å². The molecule has 0 saturated heterocycles. The highest BCUT2D eigenvalue weighted by Gasteiger charge is 2.34. The summed E-state index contributed by atoms with van der Waals surface area (Å²) < 4.78 is 50.9. The van der Waals surface area contributed by atoms with Crippen molar-refractivity contribution < 1.29 is 17.6 Å². The van der Waals surface area contributed by atoms with Crippen molar-refractivity contribution in [1.29, 1.82) is 0 Å². The number of rotatable bonds is 1. The zero-order chi connectivity index (χ0) is 13.3. The molecule has 94 valence electrons. The van der Waals surface area contributed by atoms with Crippen molar-refractivity contribution in [3.8, 4) is 11.1 Å². The van der Waals surface area contributed by atoms with Crippen LogP contribution in [0.2, 0.25) is 0 Å². The summed E-state index contributed by atoms with van der Waals surface area (Å²) in [6.45, 7) is 0. The minimum atomic E-state index is -4.60. The topological polar surface area (TPSA) is 25.8 Å². The molecular weight excluding hydrogens is 316 g/mol. The van der Waals surface area contributed by atoms with E-state index < -0.39 is 17.8 Å². The largest absolute Gasteiger partial charge is 0.451 e. The fraction of sp³-hybridized carbons (Fsp3) is 0.0909. The standard InChI is InChI=1S/C11H5BrF4N2/c12-7-1-2-9(13)8(3-7)6-4-17-10(18-5-6)11(14,15)16/h1-5H. The first-order valence-corrected chi connectivity index (χ1v) is 5.52. The lowest BCUT2D eigenvalue weighted by Crippen LogP contribution is -2.10. The molecule has 0 fully saturated rings. The van der Waals surface area contributed by atoms with Crippen LogP contribution in [0.1, 0.15) is 5.82 Å². The fourth-order valence-corrected chi connectivity index (χ4v) is 1.69. The molecule has 2 aromatic rings. The summed E-state index contributed by atoms with van der Waals surface area (Å²) in [5.41, 5.74) is 0.319. The maximum absolute atomic E-state index is 13.5. The van der Waals surface area contributed by atoms with Crippen molar-refractivity contribution in [3.05, 3.63) is 46.7 Å². The molecule has 0 atom stereocenters. The van der Waals surface area contributed by atoms with Crippen LogP contribution < -0.4 is 0 Å². The van der Waals surface area contributed by atoms with Gasteiger partial charge in [0.2, 0.25) is 5.82 Å². The number of halogens is 5. The maximum Gasteiger partial charge on any atom is 0.451 e. The molecule has 2 nitrogen and oxygen atoms in total. The van der Waals surface area contributed by atoms with Crippen LogP contribution in [0.5, 0.6) is 0 Å². The van der Waals surface area contributed by atoms with E-state index in [1.165, 1.54) is 18.2 Å². The molecular formula is C11H5BrF4N2. The van der Waals surface area contributed by atoms with E-state index in [-0.39, 0.29) is 11.1 Å². The van der Waals surface area contributed by atoms with Crippen molar-refractivity contribution in [2.75, 3.05) is 0 Å². The van der Waals surface area contributed by atoms with Crippen molar-refractivity contribution >= 4 is 15.9 Å². The Morgan fingerprint density at radius 1 is 1.06 bits per heavy atom. The summed E-state index contributed by atoms with van der Waals surface area (Å²) in [6, 6.07) is 4.14. The van der Waals surface area contributed by atoms with Gasteiger partial charge in [-0.1, -0.05) is 15.9 Å². The second kappa shape index (κ2) is 4.64. The second-order valence-corrected chi connectivity index (χ2v) is 4.33. The van der Waals surface area contributed by atoms with E-state index in [2.05, 4.69) is 25.9 Å². The lowest BCUT2D eigenvalue weighted by atomic mass is 10.1. The van der Waals surface area contributed by atoms with Crippen LogP contribution >= 0.6 is 15.9 Å². The van der Waals surface area contributed by atoms with Crippen molar-refractivity contribution in [3.63, 3.8) is 0 Å². The van der Waals surface area contributed by atoms with Crippen LogP contribution in [-0.2, 0) is 6.18 Å². The summed E-state index contributed by atoms with van der Waals surface area (Å²) in [5.74, 6) is -1.80. The highest BCUT2D eigenvalue weighted by molar-refractivity contribution is 9.10. The molecule has 7 heteroatoms. The molecule has 0 aliphatic rings. The van der Waals surface area contributed by atoms with Gasteiger partial charge in [0, 0.05) is 28.0 Å². The van der Waals surface area contributed by atoms with Crippen LogP contribution in [-0.4, -0.2) is 9.97 Å². The summed E-state index contributed by atoms with van der Waals surface area (Å²) in [4.78, 5) is 6.36. The number of hydrogen-bond acceptors (Lipinski definition) is 2. The van der Waals surface area contributed by atoms with Gasteiger partial charge >= 0.3 is 6.18 Å². The molecule has 0 aliphatic carbocycles. The molecule has 18 heavy (non-hydrogen) atoms. The first kappa shape index (κ1) is 12.9. The van der Waals surface area contributed by atoms with E-state index >= 15 is 0 Å². The third-order valence-corrected chi connectivity index (χ3v) is 2.64. The van der Waals surface area contributed by atoms with Gasteiger partial charge in [0.15, 0.2) is 0 Å². The molecule has 1 aromatic heterocycles. The van der Waals surface area contributed by atoms with E-state index in [0.29, 0.717) is 4.47 Å². The average Bonchev–Trinajstić information content (AvgIpc) is 2.31. The Bertz CT molecular complexity index is 566. The fourth-order valence-electron chi connectivity index (χ4n) is 1.33. The van der Waals surface area contributed by atoms with E-state index in [4.69, 9.17) is 0 Å². The molecule has 0 saturated carbocycles. The summed E-state index contributed by atoms with van der Waals surface area (Å²) in [5, 5.41) is 0. The lowest BCUT2D eigenvalue weighted by Gasteiger charge is -2.06. The Balaban J connectivity index is 2.43. The maximum atomic E-state index is 13.5. The smallest absolute Gasteiger partial charge is 0.232 e. The van der Waals surface area contributed by atoms with Gasteiger partial charge in [-0.3, -0.25) is 0 Å². The zero-order valence-corrected chi connectivity index (χ0v) is 10.3. The monoisotopic (exact) mass is 320 g/mol. The van der Waals surface area contributed by atoms with E-state index in [1.807, 2.05) is 0 Å². The van der Waals surface area contributed by atoms with E-state index in [9.17, 15) is 17.6 Å². The third-order valence-electron chi connectivity index (χ3n) is 2.14. The van der Waals surface area contributed by atoms with Crippen LogP contribution in [0.25, 0.3) is 11.1 Å². The van der Waals surface area contributed by atoms with Crippen molar-refractivity contribution in [1.82, 2.24) is 9.97 Å². The van der Waals surface area contributed by atoms with Gasteiger partial charge in [-0.25, -0.2) is 14.4 Å². The van der Waals surface area contributed by atoms with Crippen LogP contribution in [0.3, 0.4) is 0 Å². The minimum Gasteiger partial charge on any atom is -0.232 e. The first-order valence-electron chi connectivity index (χ1n) is 4.72. The molecule has 0 radical (unpaired) electrons. The predicted molar refractivity (Wildman–Crippen MR) is 60.1 cm³/mol. The molecule has 0 aliphatic heterocycles. The van der Waals surface area contributed by atoms with Gasteiger partial charge in [0.25, 0.3) is 0 Å². The highest BCUT2D eigenvalue weighted by Crippen LogP contribution is 2.28. The predicted octanol–water partition coefficient (Wildman–Crippen LogP) is 4.06. The van der Waals surface area contributed by atoms with Crippen molar-refractivity contribution in [2.24, 2.45) is 0 Å². The summed E-state index contributed by atoms with van der Waals surface area (Å²) in [7, 11) is 0. The van der Waals surface area contributed by atoms with Gasteiger partial charge < -0.3 is 0 Å². The SMILES string of the molecule is Fc1ccc(Br)cc1-c1cnc(C(F)(F)F)nc1. The Morgan fingerprint density at radius 2 is 1.67 bits per heavy atom. The Morgan fingerprint density at radius 3 is 2.22 bits per heavy atom. The van der Waals surface area contributed by atoms with Crippen LogP contribution in [0.4, 0.5) is 17.6 Å². The number of nitrogens with zero attached hydrogens (tertiary/aromatic N) is 2. The minimum absolute atomic E-state index is 0.137. The van der Waals surface area contributed by atoms with Crippen molar-refractivity contribution in [2.45, 2.75) is 6.18 Å². The molecule has 0 bridgehead atoms. The molecule has 0 N–H and O–H groups in total.